The molecule has 0 spiro atoms. The van der Waals surface area contributed by atoms with Gasteiger partial charge >= 0.3 is 0 Å². The van der Waals surface area contributed by atoms with Crippen LogP contribution in [0, 0.1) is 5.92 Å². The maximum Gasteiger partial charge on any atom is 0.227 e. The summed E-state index contributed by atoms with van der Waals surface area (Å²) < 4.78 is 16.0. The molecule has 2 aromatic rings. The number of nitrogens with zero attached hydrogens (tertiary/aromatic N) is 3. The molecule has 0 aliphatic carbocycles. The second kappa shape index (κ2) is 9.86. The summed E-state index contributed by atoms with van der Waals surface area (Å²) in [7, 11) is 3.11. The van der Waals surface area contributed by atoms with Gasteiger partial charge in [0.1, 0.15) is 17.3 Å². The van der Waals surface area contributed by atoms with E-state index in [1.54, 1.807) is 43.5 Å². The molecule has 2 saturated heterocycles. The maximum absolute atomic E-state index is 12.7. The molecule has 0 radical (unpaired) electrons. The van der Waals surface area contributed by atoms with Crippen molar-refractivity contribution in [2.45, 2.75) is 13.0 Å². The fraction of sp³-hybridized carbons (Fsp3) is 0.435. The summed E-state index contributed by atoms with van der Waals surface area (Å²) in [5.41, 5.74) is 1.55. The number of benzene rings is 1. The number of aromatic nitrogens is 1. The topological polar surface area (TPSA) is 93.2 Å². The number of anilines is 2. The molecule has 3 heterocycles. The number of hydrogen-bond acceptors (Lipinski definition) is 7. The fourth-order valence-electron chi connectivity index (χ4n) is 3.96. The van der Waals surface area contributed by atoms with Crippen molar-refractivity contribution in [2.75, 3.05) is 56.9 Å². The molecular weight excluding hydrogens is 412 g/mol. The van der Waals surface area contributed by atoms with Crippen LogP contribution in [0.3, 0.4) is 0 Å². The lowest BCUT2D eigenvalue weighted by Gasteiger charge is -2.27. The average molecular weight is 441 g/mol. The smallest absolute Gasteiger partial charge is 0.227 e. The monoisotopic (exact) mass is 440 g/mol. The van der Waals surface area contributed by atoms with Crippen molar-refractivity contribution < 1.29 is 23.8 Å². The predicted molar refractivity (Wildman–Crippen MR) is 119 cm³/mol. The zero-order chi connectivity index (χ0) is 22.5. The number of nitrogens with one attached hydrogen (secondary N) is 1. The Morgan fingerprint density at radius 3 is 2.69 bits per heavy atom. The highest BCUT2D eigenvalue weighted by atomic mass is 16.5. The van der Waals surface area contributed by atoms with Gasteiger partial charge in [-0.15, -0.1) is 0 Å². The molecule has 2 aliphatic heterocycles. The summed E-state index contributed by atoms with van der Waals surface area (Å²) in [6, 6.07) is 9.20. The van der Waals surface area contributed by atoms with Gasteiger partial charge in [0.15, 0.2) is 0 Å². The predicted octanol–water partition coefficient (Wildman–Crippen LogP) is 1.60. The Kier molecular flexibility index (Phi) is 6.75. The summed E-state index contributed by atoms with van der Waals surface area (Å²) in [6.07, 6.45) is 1.94. The van der Waals surface area contributed by atoms with Gasteiger partial charge < -0.3 is 29.3 Å². The molecule has 2 aliphatic rings. The molecule has 9 heteroatoms. The van der Waals surface area contributed by atoms with E-state index in [-0.39, 0.29) is 18.2 Å². The summed E-state index contributed by atoms with van der Waals surface area (Å²) >= 11 is 0. The van der Waals surface area contributed by atoms with Crippen molar-refractivity contribution in [3.05, 3.63) is 42.1 Å². The number of carbonyl (C=O) groups is 2. The van der Waals surface area contributed by atoms with Crippen molar-refractivity contribution in [3.8, 4) is 11.5 Å². The average Bonchev–Trinajstić information content (AvgIpc) is 3.24. The maximum atomic E-state index is 12.7. The van der Waals surface area contributed by atoms with E-state index in [9.17, 15) is 9.59 Å². The van der Waals surface area contributed by atoms with Gasteiger partial charge in [-0.1, -0.05) is 6.07 Å². The molecule has 1 aromatic heterocycles. The van der Waals surface area contributed by atoms with Crippen LogP contribution in [0.2, 0.25) is 0 Å². The minimum Gasteiger partial charge on any atom is -0.497 e. The van der Waals surface area contributed by atoms with Crippen LogP contribution < -0.4 is 24.6 Å². The summed E-state index contributed by atoms with van der Waals surface area (Å²) in [4.78, 5) is 33.6. The van der Waals surface area contributed by atoms with Crippen LogP contribution in [0.25, 0.3) is 0 Å². The van der Waals surface area contributed by atoms with Gasteiger partial charge in [-0.2, -0.15) is 0 Å². The van der Waals surface area contributed by atoms with Crippen LogP contribution in [-0.4, -0.2) is 63.9 Å². The second-order valence-electron chi connectivity index (χ2n) is 7.79. The highest BCUT2D eigenvalue weighted by Crippen LogP contribution is 2.35. The Morgan fingerprint density at radius 2 is 2.00 bits per heavy atom. The third kappa shape index (κ3) is 4.77. The number of ether oxygens (including phenoxy) is 3. The zero-order valence-electron chi connectivity index (χ0n) is 18.4. The molecule has 1 aromatic carbocycles. The Hall–Kier alpha value is -3.33. The number of methoxy groups -OCH3 is 2. The molecule has 0 saturated carbocycles. The number of carbonyl (C=O) groups excluding carboxylic acids is 2. The lowest BCUT2D eigenvalue weighted by molar-refractivity contribution is -0.126. The first-order valence-corrected chi connectivity index (χ1v) is 10.7. The molecule has 1 N–H and O–H groups in total. The Bertz CT molecular complexity index is 959. The number of morpholine rings is 1. The van der Waals surface area contributed by atoms with Crippen molar-refractivity contribution in [1.82, 2.24) is 10.3 Å². The first kappa shape index (κ1) is 21.9. The van der Waals surface area contributed by atoms with E-state index in [1.807, 2.05) is 12.1 Å². The third-order valence-electron chi connectivity index (χ3n) is 5.78. The van der Waals surface area contributed by atoms with Crippen molar-refractivity contribution in [3.63, 3.8) is 0 Å². The fourth-order valence-corrected chi connectivity index (χ4v) is 3.96. The normalized spacial score (nSPS) is 18.6. The number of amides is 2. The molecule has 9 nitrogen and oxygen atoms in total. The number of rotatable bonds is 7. The molecule has 170 valence electrons. The van der Waals surface area contributed by atoms with Gasteiger partial charge in [-0.25, -0.2) is 4.98 Å². The molecule has 1 unspecified atom stereocenters. The number of pyridine rings is 1. The van der Waals surface area contributed by atoms with Crippen LogP contribution in [0.1, 0.15) is 12.0 Å². The van der Waals surface area contributed by atoms with E-state index < -0.39 is 5.92 Å². The molecule has 2 fully saturated rings. The van der Waals surface area contributed by atoms with Crippen molar-refractivity contribution >= 4 is 23.3 Å². The van der Waals surface area contributed by atoms with E-state index in [4.69, 9.17) is 14.2 Å². The molecule has 0 bridgehead atoms. The van der Waals surface area contributed by atoms with Gasteiger partial charge in [0.25, 0.3) is 0 Å². The van der Waals surface area contributed by atoms with Crippen LogP contribution in [0.15, 0.2) is 36.5 Å². The Labute approximate surface area is 187 Å². The lowest BCUT2D eigenvalue weighted by Crippen LogP contribution is -2.36. The molecule has 32 heavy (non-hydrogen) atoms. The standard InChI is InChI=1S/C23H28N4O5/c1-30-18-4-5-19(20(12-18)31-2)27-15-17(11-22(27)28)23(29)25-14-16-3-6-21(24-13-16)26-7-9-32-10-8-26/h3-6,12-13,17H,7-11,14-15H2,1-2H3,(H,25,29). The third-order valence-corrected chi connectivity index (χ3v) is 5.78. The second-order valence-corrected chi connectivity index (χ2v) is 7.79. The minimum atomic E-state index is -0.421. The van der Waals surface area contributed by atoms with Crippen molar-refractivity contribution in [1.29, 1.82) is 0 Å². The van der Waals surface area contributed by atoms with Crippen molar-refractivity contribution in [2.24, 2.45) is 5.92 Å². The highest BCUT2D eigenvalue weighted by molar-refractivity contribution is 6.01. The van der Waals surface area contributed by atoms with Crippen LogP contribution >= 0.6 is 0 Å². The molecular formula is C23H28N4O5. The molecule has 4 rings (SSSR count). The highest BCUT2D eigenvalue weighted by Gasteiger charge is 2.36. The SMILES string of the molecule is COc1ccc(N2CC(C(=O)NCc3ccc(N4CCOCC4)nc3)CC2=O)c(OC)c1. The first-order chi connectivity index (χ1) is 15.6. The van der Waals surface area contributed by atoms with Gasteiger partial charge in [0.2, 0.25) is 11.8 Å². The largest absolute Gasteiger partial charge is 0.497 e. The van der Waals surface area contributed by atoms with Gasteiger partial charge in [0.05, 0.1) is 39.0 Å². The summed E-state index contributed by atoms with van der Waals surface area (Å²) in [5.74, 6) is 1.41. The van der Waals surface area contributed by atoms with E-state index in [0.717, 1.165) is 24.5 Å². The Morgan fingerprint density at radius 1 is 1.19 bits per heavy atom. The van der Waals surface area contributed by atoms with E-state index in [1.165, 1.54) is 0 Å². The van der Waals surface area contributed by atoms with Crippen LogP contribution in [0.5, 0.6) is 11.5 Å². The van der Waals surface area contributed by atoms with Crippen LogP contribution in [0.4, 0.5) is 11.5 Å². The summed E-state index contributed by atoms with van der Waals surface area (Å²) in [5, 5.41) is 2.94. The van der Waals surface area contributed by atoms with Gasteiger partial charge in [0, 0.05) is 44.9 Å². The van der Waals surface area contributed by atoms with Gasteiger partial charge in [-0.05, 0) is 23.8 Å². The minimum absolute atomic E-state index is 0.106. The Balaban J connectivity index is 1.34. The first-order valence-electron chi connectivity index (χ1n) is 10.7. The zero-order valence-corrected chi connectivity index (χ0v) is 18.4. The summed E-state index contributed by atoms with van der Waals surface area (Å²) in [6.45, 7) is 3.74. The van der Waals surface area contributed by atoms with E-state index in [0.29, 0.717) is 43.5 Å². The van der Waals surface area contributed by atoms with E-state index >= 15 is 0 Å². The van der Waals surface area contributed by atoms with Crippen LogP contribution in [-0.2, 0) is 20.9 Å². The molecule has 1 atom stereocenters. The number of hydrogen-bond donors (Lipinski definition) is 1. The van der Waals surface area contributed by atoms with E-state index in [2.05, 4.69) is 15.2 Å². The lowest BCUT2D eigenvalue weighted by atomic mass is 10.1. The van der Waals surface area contributed by atoms with Gasteiger partial charge in [-0.3, -0.25) is 9.59 Å². The quantitative estimate of drug-likeness (QED) is 0.699. The molecule has 2 amide bonds.